The van der Waals surface area contributed by atoms with Crippen LogP contribution in [0.2, 0.25) is 0 Å². The molecule has 0 radical (unpaired) electrons. The van der Waals surface area contributed by atoms with Crippen LogP contribution in [0.5, 0.6) is 5.75 Å². The van der Waals surface area contributed by atoms with Gasteiger partial charge in [-0.05, 0) is 55.7 Å². The first-order valence-electron chi connectivity index (χ1n) is 7.41. The van der Waals surface area contributed by atoms with Gasteiger partial charge in [0.1, 0.15) is 17.2 Å². The molecule has 1 heterocycles. The van der Waals surface area contributed by atoms with E-state index in [0.717, 1.165) is 25.7 Å². The minimum absolute atomic E-state index is 0.0189. The molecule has 3 rings (SSSR count). The average Bonchev–Trinajstić information content (AvgIpc) is 2.51. The molecule has 1 fully saturated rings. The van der Waals surface area contributed by atoms with Gasteiger partial charge in [-0.2, -0.15) is 0 Å². The molecule has 0 aromatic heterocycles. The normalized spacial score (nSPS) is 28.6. The Hall–Kier alpha value is -1.38. The summed E-state index contributed by atoms with van der Waals surface area (Å²) >= 11 is 0. The van der Waals surface area contributed by atoms with Crippen molar-refractivity contribution in [1.29, 1.82) is 0 Å². The second-order valence-corrected chi connectivity index (χ2v) is 7.04. The van der Waals surface area contributed by atoms with Crippen LogP contribution in [-0.4, -0.2) is 11.4 Å². The Morgan fingerprint density at radius 3 is 2.75 bits per heavy atom. The molecule has 2 aliphatic rings. The van der Waals surface area contributed by atoms with E-state index in [-0.39, 0.29) is 17.2 Å². The maximum absolute atomic E-state index is 13.3. The van der Waals surface area contributed by atoms with Crippen LogP contribution in [0.25, 0.3) is 0 Å². The number of hydrogen-bond acceptors (Lipinski definition) is 2. The summed E-state index contributed by atoms with van der Waals surface area (Å²) in [7, 11) is 0. The van der Waals surface area contributed by atoms with Gasteiger partial charge in [0.05, 0.1) is 12.0 Å². The lowest BCUT2D eigenvalue weighted by Crippen LogP contribution is -2.41. The van der Waals surface area contributed by atoms with Gasteiger partial charge < -0.3 is 4.74 Å². The van der Waals surface area contributed by atoms with Crippen molar-refractivity contribution in [2.45, 2.75) is 58.0 Å². The molecule has 3 heteroatoms. The van der Waals surface area contributed by atoms with Gasteiger partial charge in [0.25, 0.3) is 0 Å². The Kier molecular flexibility index (Phi) is 3.11. The van der Waals surface area contributed by atoms with Crippen molar-refractivity contribution in [1.82, 2.24) is 0 Å². The molecule has 0 saturated heterocycles. The number of Topliss-reactive ketones (excluding diaryl/α,β-unsaturated/α-hetero) is 1. The lowest BCUT2D eigenvalue weighted by Gasteiger charge is -2.37. The number of benzene rings is 1. The molecule has 1 atom stereocenters. The standard InChI is InChI=1S/C17H21FO2/c1-16(2)6-3-7-17(9-8-16)11-14(19)13-10-12(18)4-5-15(13)20-17/h4-5,10H,3,6-9,11H2,1-2H3. The lowest BCUT2D eigenvalue weighted by molar-refractivity contribution is 0.0276. The molecule has 1 saturated carbocycles. The van der Waals surface area contributed by atoms with Crippen LogP contribution in [0.4, 0.5) is 4.39 Å². The van der Waals surface area contributed by atoms with E-state index in [1.165, 1.54) is 18.6 Å². The van der Waals surface area contributed by atoms with E-state index in [1.807, 2.05) is 0 Å². The highest BCUT2D eigenvalue weighted by Crippen LogP contribution is 2.45. The van der Waals surface area contributed by atoms with E-state index in [0.29, 0.717) is 23.1 Å². The number of hydrogen-bond donors (Lipinski definition) is 0. The first-order chi connectivity index (χ1) is 9.39. The van der Waals surface area contributed by atoms with Gasteiger partial charge in [-0.25, -0.2) is 4.39 Å². The first-order valence-corrected chi connectivity index (χ1v) is 7.41. The van der Waals surface area contributed by atoms with Gasteiger partial charge in [-0.15, -0.1) is 0 Å². The molecular formula is C17H21FO2. The van der Waals surface area contributed by atoms with Gasteiger partial charge >= 0.3 is 0 Å². The van der Waals surface area contributed by atoms with Crippen molar-refractivity contribution in [3.05, 3.63) is 29.6 Å². The number of rotatable bonds is 0. The molecule has 0 bridgehead atoms. The van der Waals surface area contributed by atoms with Gasteiger partial charge in [-0.1, -0.05) is 13.8 Å². The summed E-state index contributed by atoms with van der Waals surface area (Å²) in [4.78, 5) is 12.3. The summed E-state index contributed by atoms with van der Waals surface area (Å²) in [6.45, 7) is 4.56. The largest absolute Gasteiger partial charge is 0.486 e. The minimum atomic E-state index is -0.376. The second kappa shape index (κ2) is 4.57. The van der Waals surface area contributed by atoms with Crippen LogP contribution in [0.1, 0.15) is 62.7 Å². The van der Waals surface area contributed by atoms with Gasteiger partial charge in [0, 0.05) is 0 Å². The summed E-state index contributed by atoms with van der Waals surface area (Å²) < 4.78 is 19.4. The quantitative estimate of drug-likeness (QED) is 0.696. The lowest BCUT2D eigenvalue weighted by atomic mass is 9.81. The van der Waals surface area contributed by atoms with Crippen LogP contribution in [-0.2, 0) is 0 Å². The zero-order chi connectivity index (χ0) is 14.4. The highest BCUT2D eigenvalue weighted by Gasteiger charge is 2.43. The number of halogens is 1. The molecule has 108 valence electrons. The van der Waals surface area contributed by atoms with Crippen LogP contribution < -0.4 is 4.74 Å². The minimum Gasteiger partial charge on any atom is -0.486 e. The van der Waals surface area contributed by atoms with E-state index >= 15 is 0 Å². The zero-order valence-corrected chi connectivity index (χ0v) is 12.2. The average molecular weight is 276 g/mol. The van der Waals surface area contributed by atoms with Crippen molar-refractivity contribution >= 4 is 5.78 Å². The monoisotopic (exact) mass is 276 g/mol. The molecule has 1 spiro atoms. The third kappa shape index (κ3) is 2.46. The molecular weight excluding hydrogens is 255 g/mol. The molecule has 0 amide bonds. The third-order valence-electron chi connectivity index (χ3n) is 4.79. The van der Waals surface area contributed by atoms with Crippen LogP contribution in [0.3, 0.4) is 0 Å². The molecule has 0 N–H and O–H groups in total. The summed E-state index contributed by atoms with van der Waals surface area (Å²) in [5.41, 5.74) is 0.355. The topological polar surface area (TPSA) is 26.3 Å². The van der Waals surface area contributed by atoms with Crippen LogP contribution >= 0.6 is 0 Å². The predicted molar refractivity (Wildman–Crippen MR) is 75.6 cm³/mol. The van der Waals surface area contributed by atoms with E-state index in [2.05, 4.69) is 13.8 Å². The predicted octanol–water partition coefficient (Wildman–Crippen LogP) is 4.52. The number of ether oxygens (including phenoxy) is 1. The van der Waals surface area contributed by atoms with Gasteiger partial charge in [-0.3, -0.25) is 4.79 Å². The van der Waals surface area contributed by atoms with E-state index in [9.17, 15) is 9.18 Å². The number of carbonyl (C=O) groups excluding carboxylic acids is 1. The summed E-state index contributed by atoms with van der Waals surface area (Å²) in [6.07, 6.45) is 5.53. The van der Waals surface area contributed by atoms with Crippen molar-refractivity contribution in [2.75, 3.05) is 0 Å². The molecule has 1 aromatic rings. The molecule has 1 aliphatic heterocycles. The second-order valence-electron chi connectivity index (χ2n) is 7.04. The Bertz CT molecular complexity index is 550. The zero-order valence-electron chi connectivity index (χ0n) is 12.2. The van der Waals surface area contributed by atoms with Crippen molar-refractivity contribution in [3.8, 4) is 5.75 Å². The Balaban J connectivity index is 1.90. The number of fused-ring (bicyclic) bond motifs is 1. The molecule has 1 aliphatic carbocycles. The van der Waals surface area contributed by atoms with E-state index in [1.54, 1.807) is 6.07 Å². The fourth-order valence-electron chi connectivity index (χ4n) is 3.45. The van der Waals surface area contributed by atoms with Crippen molar-refractivity contribution in [2.24, 2.45) is 5.41 Å². The van der Waals surface area contributed by atoms with Crippen molar-refractivity contribution in [3.63, 3.8) is 0 Å². The number of ketones is 1. The van der Waals surface area contributed by atoms with Gasteiger partial charge in [0.2, 0.25) is 0 Å². The SMILES string of the molecule is CC1(C)CCCC2(CC1)CC(=O)c1cc(F)ccc1O2. The highest BCUT2D eigenvalue weighted by molar-refractivity contribution is 6.00. The Morgan fingerprint density at radius 1 is 1.15 bits per heavy atom. The van der Waals surface area contributed by atoms with Crippen molar-refractivity contribution < 1.29 is 13.9 Å². The van der Waals surface area contributed by atoms with Crippen LogP contribution in [0, 0.1) is 11.2 Å². The summed E-state index contributed by atoms with van der Waals surface area (Å²) in [5.74, 6) is 0.200. The molecule has 1 unspecified atom stereocenters. The Labute approximate surface area is 119 Å². The first kappa shape index (κ1) is 13.6. The Morgan fingerprint density at radius 2 is 1.95 bits per heavy atom. The summed E-state index contributed by atoms with van der Waals surface area (Å²) in [6, 6.07) is 4.26. The smallest absolute Gasteiger partial charge is 0.170 e. The molecule has 1 aromatic carbocycles. The maximum Gasteiger partial charge on any atom is 0.170 e. The third-order valence-corrected chi connectivity index (χ3v) is 4.79. The fourth-order valence-corrected chi connectivity index (χ4v) is 3.45. The highest BCUT2D eigenvalue weighted by atomic mass is 19.1. The van der Waals surface area contributed by atoms with E-state index in [4.69, 9.17) is 4.74 Å². The molecule has 20 heavy (non-hydrogen) atoms. The van der Waals surface area contributed by atoms with Crippen LogP contribution in [0.15, 0.2) is 18.2 Å². The van der Waals surface area contributed by atoms with Gasteiger partial charge in [0.15, 0.2) is 5.78 Å². The maximum atomic E-state index is 13.3. The van der Waals surface area contributed by atoms with E-state index < -0.39 is 0 Å². The summed E-state index contributed by atoms with van der Waals surface area (Å²) in [5, 5.41) is 0. The fraction of sp³-hybridized carbons (Fsp3) is 0.588. The number of carbonyl (C=O) groups is 1. The molecule has 2 nitrogen and oxygen atoms in total.